The summed E-state index contributed by atoms with van der Waals surface area (Å²) in [4.78, 5) is 25.9. The van der Waals surface area contributed by atoms with E-state index in [9.17, 15) is 23.2 Å². The monoisotopic (exact) mass is 500 g/mol. The average molecular weight is 501 g/mol. The second kappa shape index (κ2) is 10.1. The predicted molar refractivity (Wildman–Crippen MR) is 129 cm³/mol. The van der Waals surface area contributed by atoms with Crippen LogP contribution in [-0.4, -0.2) is 51.0 Å². The van der Waals surface area contributed by atoms with Crippen molar-refractivity contribution in [2.75, 3.05) is 18.0 Å². The van der Waals surface area contributed by atoms with E-state index in [1.165, 1.54) is 16.7 Å². The zero-order valence-corrected chi connectivity index (χ0v) is 20.3. The number of aryl methyl sites for hydroxylation is 1. The molecule has 190 valence electrons. The van der Waals surface area contributed by atoms with Crippen LogP contribution >= 0.6 is 0 Å². The van der Waals surface area contributed by atoms with Crippen LogP contribution in [0.1, 0.15) is 37.9 Å². The number of pyridine rings is 1. The van der Waals surface area contributed by atoms with Crippen molar-refractivity contribution in [3.8, 4) is 11.8 Å². The molecule has 8 nitrogen and oxygen atoms in total. The molecule has 1 aromatic carbocycles. The van der Waals surface area contributed by atoms with Gasteiger partial charge in [-0.1, -0.05) is 26.0 Å². The van der Waals surface area contributed by atoms with Crippen molar-refractivity contribution in [1.29, 1.82) is 5.26 Å². The summed E-state index contributed by atoms with van der Waals surface area (Å²) >= 11 is 0. The third-order valence-electron chi connectivity index (χ3n) is 6.62. The van der Waals surface area contributed by atoms with Crippen molar-refractivity contribution >= 4 is 16.9 Å². The van der Waals surface area contributed by atoms with E-state index in [-0.39, 0.29) is 23.5 Å². The van der Waals surface area contributed by atoms with Crippen molar-refractivity contribution in [1.82, 2.24) is 19.4 Å². The lowest BCUT2D eigenvalue weighted by atomic mass is 10.0. The number of aromatic nitrogens is 3. The fraction of sp³-hybridized carbons (Fsp3) is 0.440. The number of ether oxygens (including phenoxy) is 1. The molecular formula is C25H27F3N6O2. The second-order valence-electron chi connectivity index (χ2n) is 8.85. The fourth-order valence-corrected chi connectivity index (χ4v) is 4.70. The quantitative estimate of drug-likeness (QED) is 0.506. The van der Waals surface area contributed by atoms with Gasteiger partial charge in [-0.2, -0.15) is 10.2 Å². The van der Waals surface area contributed by atoms with E-state index in [0.717, 1.165) is 18.4 Å². The molecule has 0 aliphatic carbocycles. The zero-order chi connectivity index (χ0) is 26.0. The highest BCUT2D eigenvalue weighted by Crippen LogP contribution is 2.30. The topological polar surface area (TPSA) is 87.3 Å². The van der Waals surface area contributed by atoms with Gasteiger partial charge in [-0.15, -0.1) is 13.2 Å². The standard InChI is InChI=1S/C25H27F3N6O2/c1-4-18-15-34(23-22-21(32(3)24(35)31-23)11-8-17(12-29)30-22)19(5-2)14-33(18)13-16-6-9-20(10-7-16)36-25(26,27)28/h6-11,18-19H,4-5,13-15H2,1-3H3/t18-,19?/m1/s1. The summed E-state index contributed by atoms with van der Waals surface area (Å²) in [6, 6.07) is 11.4. The summed E-state index contributed by atoms with van der Waals surface area (Å²) in [6.45, 7) is 5.97. The highest BCUT2D eigenvalue weighted by atomic mass is 19.4. The van der Waals surface area contributed by atoms with Gasteiger partial charge in [0.2, 0.25) is 0 Å². The summed E-state index contributed by atoms with van der Waals surface area (Å²) in [5.74, 6) is 0.228. The highest BCUT2D eigenvalue weighted by molar-refractivity contribution is 5.86. The van der Waals surface area contributed by atoms with Crippen molar-refractivity contribution < 1.29 is 17.9 Å². The van der Waals surface area contributed by atoms with Gasteiger partial charge in [0.15, 0.2) is 5.82 Å². The Morgan fingerprint density at radius 3 is 2.36 bits per heavy atom. The maximum atomic E-state index is 12.7. The van der Waals surface area contributed by atoms with Gasteiger partial charge in [0.1, 0.15) is 23.0 Å². The molecule has 1 aliphatic rings. The summed E-state index contributed by atoms with van der Waals surface area (Å²) in [5.41, 5.74) is 1.86. The number of halogens is 3. The first-order valence-electron chi connectivity index (χ1n) is 11.8. The number of hydrogen-bond acceptors (Lipinski definition) is 7. The predicted octanol–water partition coefficient (Wildman–Crippen LogP) is 3.98. The van der Waals surface area contributed by atoms with Gasteiger partial charge in [0.25, 0.3) is 0 Å². The number of nitriles is 1. The molecule has 1 fully saturated rings. The van der Waals surface area contributed by atoms with E-state index < -0.39 is 12.1 Å². The van der Waals surface area contributed by atoms with Crippen LogP contribution in [0.15, 0.2) is 41.2 Å². The van der Waals surface area contributed by atoms with Crippen LogP contribution < -0.4 is 15.3 Å². The number of fused-ring (bicyclic) bond motifs is 1. The lowest BCUT2D eigenvalue weighted by Gasteiger charge is -2.47. The summed E-state index contributed by atoms with van der Waals surface area (Å²) in [6.07, 6.45) is -3.12. The van der Waals surface area contributed by atoms with Gasteiger partial charge in [-0.25, -0.2) is 9.78 Å². The Bertz CT molecular complexity index is 1330. The molecule has 0 bridgehead atoms. The molecule has 2 aromatic heterocycles. The molecule has 3 heterocycles. The normalized spacial score (nSPS) is 18.9. The molecule has 0 N–H and O–H groups in total. The zero-order valence-electron chi connectivity index (χ0n) is 20.3. The van der Waals surface area contributed by atoms with Crippen molar-refractivity contribution in [2.24, 2.45) is 7.05 Å². The lowest BCUT2D eigenvalue weighted by Crippen LogP contribution is -2.58. The number of benzene rings is 1. The Labute approximate surface area is 206 Å². The number of anilines is 1. The molecule has 0 spiro atoms. The number of piperazine rings is 1. The summed E-state index contributed by atoms with van der Waals surface area (Å²) in [5, 5.41) is 9.36. The van der Waals surface area contributed by atoms with Crippen LogP contribution in [0.3, 0.4) is 0 Å². The SMILES string of the molecule is CCC1CN(Cc2ccc(OC(F)(F)F)cc2)[C@H](CC)CN1c1nc(=O)n(C)c2ccc(C#N)nc12. The first kappa shape index (κ1) is 25.4. The Balaban J connectivity index is 1.62. The maximum Gasteiger partial charge on any atom is 0.573 e. The third kappa shape index (κ3) is 5.28. The van der Waals surface area contributed by atoms with Gasteiger partial charge in [-0.05, 0) is 42.7 Å². The van der Waals surface area contributed by atoms with E-state index in [1.54, 1.807) is 31.3 Å². The van der Waals surface area contributed by atoms with Crippen molar-refractivity contribution in [3.63, 3.8) is 0 Å². The van der Waals surface area contributed by atoms with E-state index in [4.69, 9.17) is 0 Å². The molecule has 0 saturated carbocycles. The lowest BCUT2D eigenvalue weighted by molar-refractivity contribution is -0.274. The van der Waals surface area contributed by atoms with Crippen LogP contribution in [0.5, 0.6) is 5.75 Å². The largest absolute Gasteiger partial charge is 0.573 e. The molecule has 4 rings (SSSR count). The van der Waals surface area contributed by atoms with Gasteiger partial charge >= 0.3 is 12.1 Å². The number of hydrogen-bond donors (Lipinski definition) is 0. The third-order valence-corrected chi connectivity index (χ3v) is 6.62. The minimum Gasteiger partial charge on any atom is -0.406 e. The Kier molecular flexibility index (Phi) is 7.17. The average Bonchev–Trinajstić information content (AvgIpc) is 2.86. The smallest absolute Gasteiger partial charge is 0.406 e. The number of rotatable bonds is 6. The molecule has 36 heavy (non-hydrogen) atoms. The van der Waals surface area contributed by atoms with Gasteiger partial charge in [-0.3, -0.25) is 9.47 Å². The van der Waals surface area contributed by atoms with Crippen LogP contribution in [0.25, 0.3) is 11.0 Å². The summed E-state index contributed by atoms with van der Waals surface area (Å²) in [7, 11) is 1.63. The van der Waals surface area contributed by atoms with E-state index in [1.807, 2.05) is 0 Å². The molecule has 1 unspecified atom stereocenters. The molecule has 2 atom stereocenters. The van der Waals surface area contributed by atoms with Crippen molar-refractivity contribution in [2.45, 2.75) is 51.7 Å². The molecule has 0 amide bonds. The van der Waals surface area contributed by atoms with Crippen LogP contribution in [0.4, 0.5) is 19.0 Å². The van der Waals surface area contributed by atoms with Gasteiger partial charge in [0.05, 0.1) is 5.52 Å². The number of nitrogens with zero attached hydrogens (tertiary/aromatic N) is 6. The summed E-state index contributed by atoms with van der Waals surface area (Å²) < 4.78 is 42.8. The molecule has 0 radical (unpaired) electrons. The van der Waals surface area contributed by atoms with E-state index in [0.29, 0.717) is 36.5 Å². The molecule has 3 aromatic rings. The van der Waals surface area contributed by atoms with E-state index >= 15 is 0 Å². The van der Waals surface area contributed by atoms with Crippen LogP contribution in [0, 0.1) is 11.3 Å². The maximum absolute atomic E-state index is 12.7. The fourth-order valence-electron chi connectivity index (χ4n) is 4.70. The van der Waals surface area contributed by atoms with Crippen LogP contribution in [0.2, 0.25) is 0 Å². The Hall–Kier alpha value is -3.65. The first-order chi connectivity index (χ1) is 17.1. The van der Waals surface area contributed by atoms with E-state index in [2.05, 4.69) is 44.4 Å². The van der Waals surface area contributed by atoms with Gasteiger partial charge < -0.3 is 9.64 Å². The first-order valence-corrected chi connectivity index (χ1v) is 11.8. The molecule has 11 heteroatoms. The Morgan fingerprint density at radius 2 is 1.75 bits per heavy atom. The highest BCUT2D eigenvalue weighted by Gasteiger charge is 2.35. The molecule has 1 saturated heterocycles. The second-order valence-corrected chi connectivity index (χ2v) is 8.85. The van der Waals surface area contributed by atoms with Crippen LogP contribution in [-0.2, 0) is 13.6 Å². The minimum absolute atomic E-state index is 0.0241. The van der Waals surface area contributed by atoms with Gasteiger partial charge in [0, 0.05) is 38.8 Å². The van der Waals surface area contributed by atoms with Crippen molar-refractivity contribution in [3.05, 3.63) is 58.1 Å². The Morgan fingerprint density at radius 1 is 1.06 bits per heavy atom. The molecule has 1 aliphatic heterocycles. The number of alkyl halides is 3. The molecular weight excluding hydrogens is 473 g/mol. The minimum atomic E-state index is -4.72.